The number of carbonyl (C=O) groups is 1. The van der Waals surface area contributed by atoms with Crippen LogP contribution in [0.15, 0.2) is 0 Å². The monoisotopic (exact) mass is 270 g/mol. The van der Waals surface area contributed by atoms with Crippen LogP contribution < -0.4 is 5.73 Å². The van der Waals surface area contributed by atoms with Gasteiger partial charge in [0.25, 0.3) is 0 Å². The molecule has 1 saturated heterocycles. The zero-order valence-electron chi connectivity index (χ0n) is 12.1. The van der Waals surface area contributed by atoms with Gasteiger partial charge in [-0.1, -0.05) is 13.8 Å². The number of nitrogens with zero attached hydrogens (tertiary/aromatic N) is 1. The highest BCUT2D eigenvalue weighted by Crippen LogP contribution is 2.28. The first-order valence-corrected chi connectivity index (χ1v) is 7.62. The summed E-state index contributed by atoms with van der Waals surface area (Å²) in [7, 11) is 0. The third-order valence-electron chi connectivity index (χ3n) is 5.08. The fourth-order valence-corrected chi connectivity index (χ4v) is 3.30. The molecule has 0 aromatic heterocycles. The number of hydrogen-bond donors (Lipinski definition) is 1. The predicted octanol–water partition coefficient (Wildman–Crippen LogP) is 2.00. The molecule has 5 unspecified atom stereocenters. The van der Waals surface area contributed by atoms with Crippen molar-refractivity contribution in [2.45, 2.75) is 51.7 Å². The third-order valence-corrected chi connectivity index (χ3v) is 5.08. The summed E-state index contributed by atoms with van der Waals surface area (Å²) in [6.45, 7) is 6.31. The molecule has 1 saturated carbocycles. The molecule has 3 nitrogen and oxygen atoms in total. The summed E-state index contributed by atoms with van der Waals surface area (Å²) < 4.78 is 14.0. The van der Waals surface area contributed by atoms with Gasteiger partial charge in [-0.3, -0.25) is 9.69 Å². The lowest BCUT2D eigenvalue weighted by Crippen LogP contribution is -2.42. The van der Waals surface area contributed by atoms with Gasteiger partial charge in [0.2, 0.25) is 0 Å². The van der Waals surface area contributed by atoms with Gasteiger partial charge in [0.1, 0.15) is 12.0 Å². The van der Waals surface area contributed by atoms with Gasteiger partial charge in [-0.15, -0.1) is 0 Å². The van der Waals surface area contributed by atoms with Crippen molar-refractivity contribution < 1.29 is 9.18 Å². The van der Waals surface area contributed by atoms with Crippen LogP contribution in [0.3, 0.4) is 0 Å². The highest BCUT2D eigenvalue weighted by molar-refractivity contribution is 5.83. The first kappa shape index (κ1) is 14.9. The van der Waals surface area contributed by atoms with Crippen molar-refractivity contribution in [3.8, 4) is 0 Å². The number of likely N-dealkylation sites (tertiary alicyclic amines) is 1. The number of Topliss-reactive ketones (excluding diaryl/α,β-unsaturated/α-hetero) is 1. The maximum absolute atomic E-state index is 14.0. The standard InChI is InChI=1S/C15H27FN2O/c1-10-5-6-18(9-15(19)11(10)2)8-12-3-4-13(17)7-14(12)16/h10-14H,3-9,17H2,1-2H3. The Hall–Kier alpha value is -0.480. The Balaban J connectivity index is 1.90. The molecule has 0 radical (unpaired) electrons. The Morgan fingerprint density at radius 1 is 1.32 bits per heavy atom. The summed E-state index contributed by atoms with van der Waals surface area (Å²) in [6.07, 6.45) is 2.50. The second-order valence-electron chi connectivity index (χ2n) is 6.61. The maximum atomic E-state index is 14.0. The van der Waals surface area contributed by atoms with Crippen LogP contribution >= 0.6 is 0 Å². The molecule has 2 fully saturated rings. The molecule has 0 bridgehead atoms. The average molecular weight is 270 g/mol. The van der Waals surface area contributed by atoms with Gasteiger partial charge in [-0.05, 0) is 38.1 Å². The normalized spacial score (nSPS) is 42.1. The van der Waals surface area contributed by atoms with Crippen molar-refractivity contribution in [3.63, 3.8) is 0 Å². The molecule has 1 aliphatic heterocycles. The van der Waals surface area contributed by atoms with Gasteiger partial charge < -0.3 is 5.73 Å². The minimum Gasteiger partial charge on any atom is -0.328 e. The maximum Gasteiger partial charge on any atom is 0.149 e. The molecule has 0 spiro atoms. The van der Waals surface area contributed by atoms with E-state index in [0.29, 0.717) is 24.7 Å². The number of alkyl halides is 1. The second kappa shape index (κ2) is 6.31. The van der Waals surface area contributed by atoms with E-state index in [0.717, 1.165) is 32.4 Å². The Morgan fingerprint density at radius 2 is 2.05 bits per heavy atom. The second-order valence-corrected chi connectivity index (χ2v) is 6.61. The summed E-state index contributed by atoms with van der Waals surface area (Å²) in [6, 6.07) is 0.0251. The number of halogens is 1. The van der Waals surface area contributed by atoms with E-state index in [9.17, 15) is 9.18 Å². The first-order chi connectivity index (χ1) is 8.97. The minimum absolute atomic E-state index is 0.0251. The minimum atomic E-state index is -0.794. The number of rotatable bonds is 2. The molecule has 2 rings (SSSR count). The molecule has 0 aromatic rings. The lowest BCUT2D eigenvalue weighted by Gasteiger charge is -2.33. The van der Waals surface area contributed by atoms with E-state index in [1.807, 2.05) is 6.92 Å². The Bertz CT molecular complexity index is 323. The molecule has 0 aromatic carbocycles. The van der Waals surface area contributed by atoms with E-state index >= 15 is 0 Å². The topological polar surface area (TPSA) is 46.3 Å². The van der Waals surface area contributed by atoms with E-state index in [-0.39, 0.29) is 17.9 Å². The van der Waals surface area contributed by atoms with Gasteiger partial charge >= 0.3 is 0 Å². The molecule has 2 aliphatic rings. The summed E-state index contributed by atoms with van der Waals surface area (Å²) in [4.78, 5) is 14.2. The Kier molecular flexibility index (Phi) is 4.96. The zero-order valence-corrected chi connectivity index (χ0v) is 12.1. The van der Waals surface area contributed by atoms with Gasteiger partial charge in [0.05, 0.1) is 6.54 Å². The number of ketones is 1. The molecule has 1 heterocycles. The van der Waals surface area contributed by atoms with Gasteiger partial charge in [-0.2, -0.15) is 0 Å². The van der Waals surface area contributed by atoms with Gasteiger partial charge in [-0.25, -0.2) is 4.39 Å². The molecule has 0 amide bonds. The molecule has 4 heteroatoms. The number of hydrogen-bond acceptors (Lipinski definition) is 3. The van der Waals surface area contributed by atoms with E-state index in [1.54, 1.807) is 0 Å². The molecule has 2 N–H and O–H groups in total. The van der Waals surface area contributed by atoms with Crippen LogP contribution in [0.1, 0.15) is 39.5 Å². The highest BCUT2D eigenvalue weighted by atomic mass is 19.1. The average Bonchev–Trinajstić information content (AvgIpc) is 2.47. The van der Waals surface area contributed by atoms with Crippen LogP contribution in [0.25, 0.3) is 0 Å². The van der Waals surface area contributed by atoms with Crippen molar-refractivity contribution >= 4 is 5.78 Å². The van der Waals surface area contributed by atoms with E-state index < -0.39 is 6.17 Å². The van der Waals surface area contributed by atoms with Crippen molar-refractivity contribution in [3.05, 3.63) is 0 Å². The zero-order chi connectivity index (χ0) is 14.0. The summed E-state index contributed by atoms with van der Waals surface area (Å²) in [5, 5.41) is 0. The van der Waals surface area contributed by atoms with Crippen molar-refractivity contribution in [1.82, 2.24) is 4.90 Å². The van der Waals surface area contributed by atoms with Crippen molar-refractivity contribution in [2.24, 2.45) is 23.5 Å². The Morgan fingerprint density at radius 3 is 2.74 bits per heavy atom. The predicted molar refractivity (Wildman–Crippen MR) is 74.6 cm³/mol. The van der Waals surface area contributed by atoms with Crippen LogP contribution in [-0.2, 0) is 4.79 Å². The van der Waals surface area contributed by atoms with Crippen LogP contribution in [0, 0.1) is 17.8 Å². The lowest BCUT2D eigenvalue weighted by molar-refractivity contribution is -0.123. The van der Waals surface area contributed by atoms with Crippen molar-refractivity contribution in [1.29, 1.82) is 0 Å². The van der Waals surface area contributed by atoms with Crippen LogP contribution in [0.4, 0.5) is 4.39 Å². The number of nitrogens with two attached hydrogens (primary N) is 1. The Labute approximate surface area is 115 Å². The third kappa shape index (κ3) is 3.76. The quantitative estimate of drug-likeness (QED) is 0.835. The van der Waals surface area contributed by atoms with E-state index in [1.165, 1.54) is 0 Å². The molecule has 1 aliphatic carbocycles. The smallest absolute Gasteiger partial charge is 0.149 e. The van der Waals surface area contributed by atoms with E-state index in [4.69, 9.17) is 5.73 Å². The molecular weight excluding hydrogens is 243 g/mol. The molecule has 110 valence electrons. The fourth-order valence-electron chi connectivity index (χ4n) is 3.30. The van der Waals surface area contributed by atoms with E-state index in [2.05, 4.69) is 11.8 Å². The van der Waals surface area contributed by atoms with Crippen LogP contribution in [0.5, 0.6) is 0 Å². The lowest BCUT2D eigenvalue weighted by atomic mass is 9.84. The van der Waals surface area contributed by atoms with Gasteiger partial charge in [0.15, 0.2) is 0 Å². The summed E-state index contributed by atoms with van der Waals surface area (Å²) in [5.41, 5.74) is 5.80. The number of carbonyl (C=O) groups excluding carboxylic acids is 1. The molecule has 19 heavy (non-hydrogen) atoms. The van der Waals surface area contributed by atoms with Crippen LogP contribution in [0.2, 0.25) is 0 Å². The SMILES string of the molecule is CC1CCN(CC2CCC(N)CC2F)CC(=O)C1C. The largest absolute Gasteiger partial charge is 0.328 e. The first-order valence-electron chi connectivity index (χ1n) is 7.62. The van der Waals surface area contributed by atoms with Crippen LogP contribution in [-0.4, -0.2) is 42.5 Å². The molecular formula is C15H27FN2O. The molecule has 5 atom stereocenters. The van der Waals surface area contributed by atoms with Crippen molar-refractivity contribution in [2.75, 3.05) is 19.6 Å². The van der Waals surface area contributed by atoms with Gasteiger partial charge in [0, 0.05) is 24.4 Å². The highest BCUT2D eigenvalue weighted by Gasteiger charge is 2.32. The summed E-state index contributed by atoms with van der Waals surface area (Å²) in [5.74, 6) is 0.966. The summed E-state index contributed by atoms with van der Waals surface area (Å²) >= 11 is 0. The fraction of sp³-hybridized carbons (Fsp3) is 0.933.